The SMILES string of the molecule is C=C1NC(C(=N)/C=C(/CC)NCc2ccccc2F)=NC2=C1C(C)(C(=C)CCC)C(=C)N2. The summed E-state index contributed by atoms with van der Waals surface area (Å²) in [5.41, 5.74) is 4.64. The van der Waals surface area contributed by atoms with Gasteiger partial charge in [0.15, 0.2) is 5.84 Å². The smallest absolute Gasteiger partial charge is 0.158 e. The summed E-state index contributed by atoms with van der Waals surface area (Å²) in [5.74, 6) is 0.807. The summed E-state index contributed by atoms with van der Waals surface area (Å²) in [5, 5.41) is 18.3. The van der Waals surface area contributed by atoms with Crippen LogP contribution in [0.3, 0.4) is 0 Å². The molecule has 1 unspecified atom stereocenters. The van der Waals surface area contributed by atoms with Crippen LogP contribution in [0.15, 0.2) is 89.1 Å². The van der Waals surface area contributed by atoms with E-state index in [1.807, 2.05) is 6.92 Å². The second-order valence-corrected chi connectivity index (χ2v) is 8.25. The predicted octanol–water partition coefficient (Wildman–Crippen LogP) is 5.44. The number of halogens is 1. The maximum Gasteiger partial charge on any atom is 0.158 e. The molecule has 1 atom stereocenters. The molecule has 0 fully saturated rings. The van der Waals surface area contributed by atoms with E-state index in [-0.39, 0.29) is 11.5 Å². The van der Waals surface area contributed by atoms with Crippen LogP contribution < -0.4 is 16.0 Å². The van der Waals surface area contributed by atoms with Crippen molar-refractivity contribution in [3.8, 4) is 0 Å². The molecular formula is C26H32FN5. The number of nitrogens with zero attached hydrogens (tertiary/aromatic N) is 1. The molecule has 6 heteroatoms. The van der Waals surface area contributed by atoms with Gasteiger partial charge < -0.3 is 16.0 Å². The fraction of sp³-hybridized carbons (Fsp3) is 0.308. The minimum absolute atomic E-state index is 0.212. The number of hydrogen-bond donors (Lipinski definition) is 4. The van der Waals surface area contributed by atoms with Crippen molar-refractivity contribution in [2.75, 3.05) is 0 Å². The van der Waals surface area contributed by atoms with E-state index >= 15 is 0 Å². The number of allylic oxidation sites excluding steroid dienone is 3. The van der Waals surface area contributed by atoms with Crippen LogP contribution in [0, 0.1) is 16.6 Å². The maximum atomic E-state index is 13.9. The number of aliphatic imine (C=N–C) groups is 1. The molecule has 2 heterocycles. The highest BCUT2D eigenvalue weighted by atomic mass is 19.1. The van der Waals surface area contributed by atoms with Crippen LogP contribution in [-0.2, 0) is 6.54 Å². The Bertz CT molecular complexity index is 1080. The van der Waals surface area contributed by atoms with Gasteiger partial charge in [0.2, 0.25) is 0 Å². The fourth-order valence-electron chi connectivity index (χ4n) is 4.03. The van der Waals surface area contributed by atoms with Crippen molar-refractivity contribution in [3.05, 3.63) is 95.5 Å². The van der Waals surface area contributed by atoms with E-state index in [1.54, 1.807) is 24.3 Å². The zero-order valence-corrected chi connectivity index (χ0v) is 19.2. The third-order valence-electron chi connectivity index (χ3n) is 6.08. The lowest BCUT2D eigenvalue weighted by Crippen LogP contribution is -2.36. The van der Waals surface area contributed by atoms with Crippen molar-refractivity contribution < 1.29 is 4.39 Å². The van der Waals surface area contributed by atoms with Crippen LogP contribution in [0.25, 0.3) is 0 Å². The van der Waals surface area contributed by atoms with Crippen LogP contribution in [0.5, 0.6) is 0 Å². The molecular weight excluding hydrogens is 401 g/mol. The zero-order valence-electron chi connectivity index (χ0n) is 19.2. The molecule has 0 amide bonds. The number of amidine groups is 1. The highest BCUT2D eigenvalue weighted by molar-refractivity contribution is 6.45. The molecule has 0 spiro atoms. The Balaban J connectivity index is 1.82. The topological polar surface area (TPSA) is 72.3 Å². The Morgan fingerprint density at radius 2 is 1.97 bits per heavy atom. The minimum atomic E-state index is -0.460. The molecule has 168 valence electrons. The molecule has 0 radical (unpaired) electrons. The third kappa shape index (κ3) is 4.31. The van der Waals surface area contributed by atoms with Gasteiger partial charge in [0.05, 0.1) is 11.1 Å². The molecule has 0 aliphatic carbocycles. The average Bonchev–Trinajstić information content (AvgIpc) is 3.03. The summed E-state index contributed by atoms with van der Waals surface area (Å²) in [6, 6.07) is 6.66. The highest BCUT2D eigenvalue weighted by Gasteiger charge is 2.45. The quantitative estimate of drug-likeness (QED) is 0.310. The molecule has 5 nitrogen and oxygen atoms in total. The van der Waals surface area contributed by atoms with Crippen molar-refractivity contribution in [1.29, 1.82) is 5.41 Å². The van der Waals surface area contributed by atoms with E-state index in [0.29, 0.717) is 35.9 Å². The molecule has 2 aliphatic rings. The second kappa shape index (κ2) is 9.39. The van der Waals surface area contributed by atoms with Crippen LogP contribution in [0.1, 0.15) is 45.6 Å². The van der Waals surface area contributed by atoms with Crippen LogP contribution >= 0.6 is 0 Å². The first-order valence-corrected chi connectivity index (χ1v) is 10.9. The molecule has 1 aromatic carbocycles. The molecule has 4 N–H and O–H groups in total. The Labute approximate surface area is 190 Å². The van der Waals surface area contributed by atoms with E-state index in [2.05, 4.69) is 54.5 Å². The van der Waals surface area contributed by atoms with Gasteiger partial charge in [0.1, 0.15) is 11.6 Å². The van der Waals surface area contributed by atoms with Crippen molar-refractivity contribution in [2.24, 2.45) is 10.4 Å². The Morgan fingerprint density at radius 1 is 1.25 bits per heavy atom. The standard InChI is InChI=1S/C26H32FN5/c1-7-11-16(3)26(6)18(5)31-25-23(26)17(4)30-24(32-25)22(28)14-20(8-2)29-15-19-12-9-10-13-21(19)27/h9-10,12-14,28-29,31H,3-5,7-8,11,15H2,1-2,6H3,(H,30,32)/b20-14-,28-22?. The minimum Gasteiger partial charge on any atom is -0.384 e. The first-order valence-electron chi connectivity index (χ1n) is 10.9. The largest absolute Gasteiger partial charge is 0.384 e. The summed E-state index contributed by atoms with van der Waals surface area (Å²) in [6.07, 6.45) is 4.26. The van der Waals surface area contributed by atoms with Crippen molar-refractivity contribution in [3.63, 3.8) is 0 Å². The van der Waals surface area contributed by atoms with Gasteiger partial charge >= 0.3 is 0 Å². The van der Waals surface area contributed by atoms with Crippen LogP contribution in [0.4, 0.5) is 4.39 Å². The lowest BCUT2D eigenvalue weighted by atomic mass is 9.73. The molecule has 2 aliphatic heterocycles. The molecule has 0 saturated heterocycles. The van der Waals surface area contributed by atoms with Gasteiger partial charge in [0.25, 0.3) is 0 Å². The van der Waals surface area contributed by atoms with Gasteiger partial charge in [-0.3, -0.25) is 5.41 Å². The highest BCUT2D eigenvalue weighted by Crippen LogP contribution is 2.50. The number of hydrogen-bond acceptors (Lipinski definition) is 5. The molecule has 0 bridgehead atoms. The van der Waals surface area contributed by atoms with Crippen LogP contribution in [-0.4, -0.2) is 11.5 Å². The molecule has 0 saturated carbocycles. The van der Waals surface area contributed by atoms with E-state index in [4.69, 9.17) is 5.41 Å². The van der Waals surface area contributed by atoms with Gasteiger partial charge in [-0.05, 0) is 31.9 Å². The normalized spacial score (nSPS) is 20.4. The van der Waals surface area contributed by atoms with Crippen molar-refractivity contribution >= 4 is 11.5 Å². The average molecular weight is 434 g/mol. The molecule has 0 aromatic heterocycles. The zero-order chi connectivity index (χ0) is 23.5. The first kappa shape index (κ1) is 23.3. The molecule has 32 heavy (non-hydrogen) atoms. The Morgan fingerprint density at radius 3 is 2.62 bits per heavy atom. The maximum absolute atomic E-state index is 13.9. The summed E-state index contributed by atoms with van der Waals surface area (Å²) < 4.78 is 13.9. The Hall–Kier alpha value is -3.41. The van der Waals surface area contributed by atoms with Gasteiger partial charge in [-0.25, -0.2) is 9.38 Å². The Kier molecular flexibility index (Phi) is 6.82. The molecule has 3 rings (SSSR count). The van der Waals surface area contributed by atoms with Gasteiger partial charge in [-0.2, -0.15) is 0 Å². The van der Waals surface area contributed by atoms with Gasteiger partial charge in [-0.1, -0.05) is 63.8 Å². The predicted molar refractivity (Wildman–Crippen MR) is 131 cm³/mol. The van der Waals surface area contributed by atoms with Gasteiger partial charge in [0, 0.05) is 34.8 Å². The molecule has 1 aromatic rings. The van der Waals surface area contributed by atoms with Crippen molar-refractivity contribution in [1.82, 2.24) is 16.0 Å². The number of rotatable bonds is 9. The summed E-state index contributed by atoms with van der Waals surface area (Å²) >= 11 is 0. The lowest BCUT2D eigenvalue weighted by molar-refractivity contribution is 0.555. The monoisotopic (exact) mass is 433 g/mol. The van der Waals surface area contributed by atoms with Gasteiger partial charge in [-0.15, -0.1) is 0 Å². The fourth-order valence-corrected chi connectivity index (χ4v) is 4.03. The van der Waals surface area contributed by atoms with E-state index in [1.165, 1.54) is 6.07 Å². The number of nitrogens with one attached hydrogen (secondary N) is 4. The van der Waals surface area contributed by atoms with Crippen LogP contribution in [0.2, 0.25) is 0 Å². The van der Waals surface area contributed by atoms with E-state index in [9.17, 15) is 4.39 Å². The summed E-state index contributed by atoms with van der Waals surface area (Å²) in [4.78, 5) is 4.66. The summed E-state index contributed by atoms with van der Waals surface area (Å²) in [6.45, 7) is 19.2. The number of benzene rings is 1. The third-order valence-corrected chi connectivity index (χ3v) is 6.08. The van der Waals surface area contributed by atoms with Crippen molar-refractivity contribution in [2.45, 2.75) is 46.6 Å². The lowest BCUT2D eigenvalue weighted by Gasteiger charge is -2.32. The van der Waals surface area contributed by atoms with E-state index in [0.717, 1.165) is 35.4 Å². The second-order valence-electron chi connectivity index (χ2n) is 8.25. The first-order chi connectivity index (χ1) is 15.2. The van der Waals surface area contributed by atoms with E-state index < -0.39 is 5.41 Å². The summed E-state index contributed by atoms with van der Waals surface area (Å²) in [7, 11) is 0.